The lowest BCUT2D eigenvalue weighted by Crippen LogP contribution is -2.21. The molecule has 0 spiro atoms. The maximum absolute atomic E-state index is 11.9. The van der Waals surface area contributed by atoms with Gasteiger partial charge in [0.1, 0.15) is 0 Å². The highest BCUT2D eigenvalue weighted by Gasteiger charge is 2.24. The van der Waals surface area contributed by atoms with Crippen LogP contribution in [0.4, 0.5) is 0 Å². The smallest absolute Gasteiger partial charge is 0.169 e. The first-order valence-electron chi connectivity index (χ1n) is 4.51. The van der Waals surface area contributed by atoms with E-state index in [4.69, 9.17) is 5.26 Å². The van der Waals surface area contributed by atoms with E-state index >= 15 is 0 Å². The number of ketones is 1. The molecule has 0 saturated heterocycles. The van der Waals surface area contributed by atoms with E-state index in [0.717, 1.165) is 0 Å². The summed E-state index contributed by atoms with van der Waals surface area (Å²) < 4.78 is 0. The SMILES string of the molecule is CC(C)(C)C(=O)c1ccccc1C#N. The molecule has 0 saturated carbocycles. The fourth-order valence-electron chi connectivity index (χ4n) is 1.18. The molecule has 0 radical (unpaired) electrons. The number of carbonyl (C=O) groups excluding carboxylic acids is 1. The first-order chi connectivity index (χ1) is 6.46. The van der Waals surface area contributed by atoms with Crippen LogP contribution < -0.4 is 0 Å². The summed E-state index contributed by atoms with van der Waals surface area (Å²) in [5.41, 5.74) is 0.530. The summed E-state index contributed by atoms with van der Waals surface area (Å²) in [4.78, 5) is 11.9. The van der Waals surface area contributed by atoms with Gasteiger partial charge < -0.3 is 0 Å². The van der Waals surface area contributed by atoms with Crippen molar-refractivity contribution in [1.29, 1.82) is 5.26 Å². The number of benzene rings is 1. The van der Waals surface area contributed by atoms with Crippen LogP contribution in [-0.4, -0.2) is 5.78 Å². The monoisotopic (exact) mass is 187 g/mol. The van der Waals surface area contributed by atoms with E-state index in [-0.39, 0.29) is 5.78 Å². The highest BCUT2D eigenvalue weighted by molar-refractivity contribution is 6.01. The molecule has 0 aliphatic heterocycles. The van der Waals surface area contributed by atoms with Crippen molar-refractivity contribution in [2.45, 2.75) is 20.8 Å². The summed E-state index contributed by atoms with van der Waals surface area (Å²) in [6, 6.07) is 8.93. The molecule has 2 nitrogen and oxygen atoms in total. The third-order valence-electron chi connectivity index (χ3n) is 1.97. The van der Waals surface area contributed by atoms with Crippen molar-refractivity contribution in [1.82, 2.24) is 0 Å². The van der Waals surface area contributed by atoms with Gasteiger partial charge in [0.05, 0.1) is 11.6 Å². The lowest BCUT2D eigenvalue weighted by molar-refractivity contribution is 0.0858. The Morgan fingerprint density at radius 2 is 1.86 bits per heavy atom. The molecule has 0 amide bonds. The molecule has 1 aromatic carbocycles. The normalized spacial score (nSPS) is 10.7. The minimum atomic E-state index is -0.438. The van der Waals surface area contributed by atoms with Gasteiger partial charge in [-0.25, -0.2) is 0 Å². The number of hydrogen-bond donors (Lipinski definition) is 0. The molecule has 0 unspecified atom stereocenters. The summed E-state index contributed by atoms with van der Waals surface area (Å²) in [5.74, 6) is 0.00894. The predicted molar refractivity (Wildman–Crippen MR) is 54.9 cm³/mol. The molecular weight excluding hydrogens is 174 g/mol. The van der Waals surface area contributed by atoms with Gasteiger partial charge >= 0.3 is 0 Å². The van der Waals surface area contributed by atoms with Crippen molar-refractivity contribution < 1.29 is 4.79 Å². The minimum absolute atomic E-state index is 0.00894. The number of nitrogens with zero attached hydrogens (tertiary/aromatic N) is 1. The van der Waals surface area contributed by atoms with Gasteiger partial charge in [-0.15, -0.1) is 0 Å². The minimum Gasteiger partial charge on any atom is -0.294 e. The van der Waals surface area contributed by atoms with E-state index in [2.05, 4.69) is 0 Å². The summed E-state index contributed by atoms with van der Waals surface area (Å²) in [6.45, 7) is 5.55. The fraction of sp³-hybridized carbons (Fsp3) is 0.333. The maximum atomic E-state index is 11.9. The molecule has 0 bridgehead atoms. The van der Waals surface area contributed by atoms with E-state index in [1.807, 2.05) is 26.8 Å². The summed E-state index contributed by atoms with van der Waals surface area (Å²) in [7, 11) is 0. The standard InChI is InChI=1S/C12H13NO/c1-12(2,3)11(14)10-7-5-4-6-9(10)8-13/h4-7H,1-3H3. The van der Waals surface area contributed by atoms with Crippen LogP contribution in [0, 0.1) is 16.7 Å². The summed E-state index contributed by atoms with van der Waals surface area (Å²) >= 11 is 0. The number of carbonyl (C=O) groups is 1. The van der Waals surface area contributed by atoms with Crippen LogP contribution in [0.15, 0.2) is 24.3 Å². The molecular formula is C12H13NO. The third-order valence-corrected chi connectivity index (χ3v) is 1.97. The van der Waals surface area contributed by atoms with Crippen molar-refractivity contribution in [3.63, 3.8) is 0 Å². The lowest BCUT2D eigenvalue weighted by atomic mass is 9.85. The van der Waals surface area contributed by atoms with Gasteiger partial charge in [0.2, 0.25) is 0 Å². The first kappa shape index (κ1) is 10.5. The van der Waals surface area contributed by atoms with Gasteiger partial charge in [-0.05, 0) is 6.07 Å². The average Bonchev–Trinajstić information content (AvgIpc) is 2.15. The third kappa shape index (κ3) is 2.00. The van der Waals surface area contributed by atoms with Crippen LogP contribution >= 0.6 is 0 Å². The van der Waals surface area contributed by atoms with Gasteiger partial charge in [-0.1, -0.05) is 39.0 Å². The average molecular weight is 187 g/mol. The van der Waals surface area contributed by atoms with E-state index in [9.17, 15) is 4.79 Å². The fourth-order valence-corrected chi connectivity index (χ4v) is 1.18. The van der Waals surface area contributed by atoms with Gasteiger partial charge in [0.15, 0.2) is 5.78 Å². The second-order valence-corrected chi connectivity index (χ2v) is 4.24. The molecule has 0 aliphatic rings. The van der Waals surface area contributed by atoms with Crippen molar-refractivity contribution in [2.24, 2.45) is 5.41 Å². The Bertz CT molecular complexity index is 394. The van der Waals surface area contributed by atoms with Gasteiger partial charge in [0.25, 0.3) is 0 Å². The molecule has 1 aromatic rings. The molecule has 14 heavy (non-hydrogen) atoms. The van der Waals surface area contributed by atoms with E-state index in [1.165, 1.54) is 0 Å². The first-order valence-corrected chi connectivity index (χ1v) is 4.51. The zero-order valence-corrected chi connectivity index (χ0v) is 8.66. The van der Waals surface area contributed by atoms with Crippen LogP contribution in [0.3, 0.4) is 0 Å². The predicted octanol–water partition coefficient (Wildman–Crippen LogP) is 2.79. The highest BCUT2D eigenvalue weighted by Crippen LogP contribution is 2.22. The van der Waals surface area contributed by atoms with Crippen molar-refractivity contribution in [3.05, 3.63) is 35.4 Å². The molecule has 0 aromatic heterocycles. The Labute approximate surface area is 84.2 Å². The van der Waals surface area contributed by atoms with Gasteiger partial charge in [-0.3, -0.25) is 4.79 Å². The molecule has 0 atom stereocenters. The number of Topliss-reactive ketones (excluding diaryl/α,β-unsaturated/α-hetero) is 1. The largest absolute Gasteiger partial charge is 0.294 e. The van der Waals surface area contributed by atoms with Crippen LogP contribution in [0.25, 0.3) is 0 Å². The van der Waals surface area contributed by atoms with Crippen molar-refractivity contribution in [2.75, 3.05) is 0 Å². The van der Waals surface area contributed by atoms with Crippen LogP contribution in [-0.2, 0) is 0 Å². The number of nitriles is 1. The maximum Gasteiger partial charge on any atom is 0.169 e. The Morgan fingerprint density at radius 3 is 2.36 bits per heavy atom. The van der Waals surface area contributed by atoms with E-state index in [1.54, 1.807) is 24.3 Å². The van der Waals surface area contributed by atoms with E-state index < -0.39 is 5.41 Å². The molecule has 0 aliphatic carbocycles. The Hall–Kier alpha value is -1.62. The molecule has 1 rings (SSSR count). The Morgan fingerprint density at radius 1 is 1.29 bits per heavy atom. The van der Waals surface area contributed by atoms with Gasteiger partial charge in [-0.2, -0.15) is 5.26 Å². The zero-order chi connectivity index (χ0) is 10.8. The second-order valence-electron chi connectivity index (χ2n) is 4.24. The topological polar surface area (TPSA) is 40.9 Å². The quantitative estimate of drug-likeness (QED) is 0.634. The molecule has 0 fully saturated rings. The lowest BCUT2D eigenvalue weighted by Gasteiger charge is -2.17. The second kappa shape index (κ2) is 3.63. The summed E-state index contributed by atoms with van der Waals surface area (Å²) in [6.07, 6.45) is 0. The Kier molecular flexibility index (Phi) is 2.71. The van der Waals surface area contributed by atoms with Crippen molar-refractivity contribution in [3.8, 4) is 6.07 Å². The van der Waals surface area contributed by atoms with Crippen LogP contribution in [0.5, 0.6) is 0 Å². The summed E-state index contributed by atoms with van der Waals surface area (Å²) in [5, 5.41) is 8.83. The highest BCUT2D eigenvalue weighted by atomic mass is 16.1. The van der Waals surface area contributed by atoms with E-state index in [0.29, 0.717) is 11.1 Å². The molecule has 0 heterocycles. The number of rotatable bonds is 1. The van der Waals surface area contributed by atoms with Crippen LogP contribution in [0.2, 0.25) is 0 Å². The van der Waals surface area contributed by atoms with Crippen molar-refractivity contribution >= 4 is 5.78 Å². The van der Waals surface area contributed by atoms with Gasteiger partial charge in [0, 0.05) is 11.0 Å². The number of hydrogen-bond acceptors (Lipinski definition) is 2. The molecule has 72 valence electrons. The molecule has 2 heteroatoms. The zero-order valence-electron chi connectivity index (χ0n) is 8.66. The Balaban J connectivity index is 3.22. The van der Waals surface area contributed by atoms with Crippen LogP contribution in [0.1, 0.15) is 36.7 Å². The molecule has 0 N–H and O–H groups in total.